The highest BCUT2D eigenvalue weighted by Crippen LogP contribution is 2.49. The summed E-state index contributed by atoms with van der Waals surface area (Å²) in [7, 11) is 1.97. The molecule has 0 fully saturated rings. The number of aromatic hydroxyl groups is 2. The third kappa shape index (κ3) is 1.92. The maximum absolute atomic E-state index is 10.4. The molecule has 4 rings (SSSR count). The zero-order valence-electron chi connectivity index (χ0n) is 15.5. The molecule has 2 N–H and O–H groups in total. The van der Waals surface area contributed by atoms with E-state index in [1.165, 1.54) is 6.07 Å². The number of phenolic OH excluding ortho intramolecular Hbond substituents is 2. The van der Waals surface area contributed by atoms with Crippen LogP contribution < -0.4 is 0 Å². The minimum Gasteiger partial charge on any atom is -0.504 e. The summed E-state index contributed by atoms with van der Waals surface area (Å²) in [6.45, 7) is 0.779. The molecule has 2 aromatic rings. The Morgan fingerprint density at radius 3 is 2.81 bits per heavy atom. The number of rotatable bonds is 0. The van der Waals surface area contributed by atoms with Crippen LogP contribution in [0.4, 0.5) is 0 Å². The van der Waals surface area contributed by atoms with Crippen LogP contribution in [0.25, 0.3) is 11.1 Å². The molecular formula is C17H18ClNO2. The van der Waals surface area contributed by atoms with Crippen molar-refractivity contribution < 1.29 is 15.7 Å². The molecule has 0 radical (unpaired) electrons. The van der Waals surface area contributed by atoms with Crippen LogP contribution in [-0.4, -0.2) is 28.7 Å². The molecule has 4 heteroatoms. The fourth-order valence-corrected chi connectivity index (χ4v) is 3.34. The van der Waals surface area contributed by atoms with E-state index in [1.54, 1.807) is 0 Å². The second-order valence-corrected chi connectivity index (χ2v) is 5.45. The lowest BCUT2D eigenvalue weighted by Crippen LogP contribution is -2.35. The standard InChI is InChI=1S/C17H17NO2.ClH/c1-18-8-7-10-3-2-4-12-15(10)13(18)9-11-5-6-14(19)17(20)16(11)12;/h2-6,13,19-20H,7-9H2,1H3;1H/t13-;/m1./s1/i3D,4D,5D,6D;. The van der Waals surface area contributed by atoms with Crippen molar-refractivity contribution in [3.05, 3.63) is 46.9 Å². The fraction of sp³-hybridized carbons (Fsp3) is 0.294. The topological polar surface area (TPSA) is 43.7 Å². The maximum atomic E-state index is 10.4. The van der Waals surface area contributed by atoms with Gasteiger partial charge in [0.25, 0.3) is 0 Å². The third-order valence-corrected chi connectivity index (χ3v) is 4.38. The van der Waals surface area contributed by atoms with Crippen LogP contribution in [0, 0.1) is 0 Å². The Kier molecular flexibility index (Phi) is 2.37. The quantitative estimate of drug-likeness (QED) is 0.734. The molecule has 1 atom stereocenters. The first-order chi connectivity index (χ1) is 11.3. The summed E-state index contributed by atoms with van der Waals surface area (Å²) in [5.41, 5.74) is 2.97. The number of benzene rings is 2. The lowest BCUT2D eigenvalue weighted by Gasteiger charge is -2.39. The van der Waals surface area contributed by atoms with Crippen LogP contribution in [0.1, 0.15) is 28.2 Å². The lowest BCUT2D eigenvalue weighted by atomic mass is 9.77. The van der Waals surface area contributed by atoms with Gasteiger partial charge in [-0.15, -0.1) is 12.4 Å². The molecule has 1 aliphatic heterocycles. The van der Waals surface area contributed by atoms with Gasteiger partial charge in [0.05, 0.1) is 5.48 Å². The van der Waals surface area contributed by atoms with Crippen molar-refractivity contribution in [3.8, 4) is 22.6 Å². The van der Waals surface area contributed by atoms with Gasteiger partial charge in [-0.2, -0.15) is 0 Å². The second-order valence-electron chi connectivity index (χ2n) is 5.45. The van der Waals surface area contributed by atoms with Crippen LogP contribution in [0.2, 0.25) is 0 Å². The van der Waals surface area contributed by atoms with E-state index in [1.807, 2.05) is 7.05 Å². The van der Waals surface area contributed by atoms with Gasteiger partial charge in [-0.3, -0.25) is 4.90 Å². The van der Waals surface area contributed by atoms with Gasteiger partial charge in [-0.1, -0.05) is 24.2 Å². The van der Waals surface area contributed by atoms with E-state index in [0.717, 1.165) is 17.7 Å². The average molecular weight is 308 g/mol. The molecule has 0 unspecified atom stereocenters. The van der Waals surface area contributed by atoms with Gasteiger partial charge < -0.3 is 10.2 Å². The summed E-state index contributed by atoms with van der Waals surface area (Å²) in [5, 5.41) is 20.4. The number of halogens is 1. The molecular weight excluding hydrogens is 286 g/mol. The molecule has 0 saturated carbocycles. The van der Waals surface area contributed by atoms with Crippen molar-refractivity contribution in [2.45, 2.75) is 18.9 Å². The average Bonchev–Trinajstić information content (AvgIpc) is 2.55. The van der Waals surface area contributed by atoms with Crippen molar-refractivity contribution in [2.75, 3.05) is 13.6 Å². The van der Waals surface area contributed by atoms with Gasteiger partial charge in [0.1, 0.15) is 0 Å². The molecule has 0 aromatic heterocycles. The predicted molar refractivity (Wildman–Crippen MR) is 85.2 cm³/mol. The summed E-state index contributed by atoms with van der Waals surface area (Å²) in [6.07, 6.45) is 1.12. The molecule has 2 aliphatic rings. The number of hydrogen-bond donors (Lipinski definition) is 2. The first-order valence-corrected chi connectivity index (χ1v) is 6.70. The Bertz CT molecular complexity index is 903. The van der Waals surface area contributed by atoms with Crippen LogP contribution in [-0.2, 0) is 12.8 Å². The van der Waals surface area contributed by atoms with E-state index >= 15 is 0 Å². The van der Waals surface area contributed by atoms with E-state index in [-0.39, 0.29) is 36.1 Å². The first-order valence-electron chi connectivity index (χ1n) is 8.70. The highest BCUT2D eigenvalue weighted by molar-refractivity contribution is 5.85. The molecule has 0 bridgehead atoms. The smallest absolute Gasteiger partial charge is 0.165 e. The summed E-state index contributed by atoms with van der Waals surface area (Å²) in [4.78, 5) is 2.13. The van der Waals surface area contributed by atoms with Crippen molar-refractivity contribution in [2.24, 2.45) is 0 Å². The molecule has 2 aromatic carbocycles. The normalized spacial score (nSPS) is 22.0. The summed E-state index contributed by atoms with van der Waals surface area (Å²) in [6, 6.07) is 1.30. The number of likely N-dealkylation sites (N-methyl/N-ethyl adjacent to an activating group) is 1. The summed E-state index contributed by atoms with van der Waals surface area (Å²) < 4.78 is 32.5. The van der Waals surface area contributed by atoms with Crippen molar-refractivity contribution in [3.63, 3.8) is 0 Å². The van der Waals surface area contributed by atoms with Crippen LogP contribution in [0.15, 0.2) is 30.2 Å². The lowest BCUT2D eigenvalue weighted by molar-refractivity contribution is 0.228. The monoisotopic (exact) mass is 307 g/mol. The number of nitrogens with zero attached hydrogens (tertiary/aromatic N) is 1. The van der Waals surface area contributed by atoms with E-state index < -0.39 is 17.5 Å². The Balaban J connectivity index is 0.00000182. The van der Waals surface area contributed by atoms with Gasteiger partial charge >= 0.3 is 0 Å². The SMILES string of the molecule is Cl.[2H]c1cc([2H])c2c3c1CCN(C)[C@@H]3Cc1c([2H])c([2H])c(O)c(O)c1-2. The molecule has 1 heterocycles. The summed E-state index contributed by atoms with van der Waals surface area (Å²) >= 11 is 0. The van der Waals surface area contributed by atoms with Crippen LogP contribution in [0.3, 0.4) is 0 Å². The van der Waals surface area contributed by atoms with Crippen molar-refractivity contribution >= 4 is 12.4 Å². The van der Waals surface area contributed by atoms with Gasteiger partial charge in [0.15, 0.2) is 11.5 Å². The largest absolute Gasteiger partial charge is 0.504 e. The molecule has 110 valence electrons. The van der Waals surface area contributed by atoms with Gasteiger partial charge in [0, 0.05) is 18.2 Å². The van der Waals surface area contributed by atoms with Crippen LogP contribution >= 0.6 is 12.4 Å². The molecule has 0 saturated heterocycles. The zero-order chi connectivity index (χ0) is 17.3. The van der Waals surface area contributed by atoms with Gasteiger partial charge in [0.2, 0.25) is 0 Å². The number of fused-ring (bicyclic) bond motifs is 2. The molecule has 0 amide bonds. The first kappa shape index (κ1) is 10.1. The number of phenols is 2. The fourth-order valence-electron chi connectivity index (χ4n) is 3.34. The maximum Gasteiger partial charge on any atom is 0.165 e. The molecule has 3 nitrogen and oxygen atoms in total. The third-order valence-electron chi connectivity index (χ3n) is 4.38. The highest BCUT2D eigenvalue weighted by Gasteiger charge is 2.33. The minimum absolute atomic E-state index is 0. The molecule has 1 aliphatic carbocycles. The van der Waals surface area contributed by atoms with Gasteiger partial charge in [-0.05, 0) is 48.2 Å². The van der Waals surface area contributed by atoms with Gasteiger partial charge in [-0.25, -0.2) is 0 Å². The Hall–Kier alpha value is -1.71. The highest BCUT2D eigenvalue weighted by atomic mass is 35.5. The Morgan fingerprint density at radius 2 is 2.00 bits per heavy atom. The molecule has 21 heavy (non-hydrogen) atoms. The molecule has 0 spiro atoms. The van der Waals surface area contributed by atoms with Crippen LogP contribution in [0.5, 0.6) is 11.5 Å². The van der Waals surface area contributed by atoms with E-state index in [0.29, 0.717) is 30.0 Å². The minimum atomic E-state index is -0.621. The van der Waals surface area contributed by atoms with Crippen molar-refractivity contribution in [1.29, 1.82) is 0 Å². The van der Waals surface area contributed by atoms with E-state index in [9.17, 15) is 10.2 Å². The zero-order valence-corrected chi connectivity index (χ0v) is 12.3. The Labute approximate surface area is 135 Å². The summed E-state index contributed by atoms with van der Waals surface area (Å²) in [5.74, 6) is -1.06. The Morgan fingerprint density at radius 1 is 1.19 bits per heavy atom. The second kappa shape index (κ2) is 4.93. The van der Waals surface area contributed by atoms with Crippen molar-refractivity contribution in [1.82, 2.24) is 4.90 Å². The van der Waals surface area contributed by atoms with E-state index in [2.05, 4.69) is 4.90 Å². The van der Waals surface area contributed by atoms with E-state index in [4.69, 9.17) is 5.48 Å². The predicted octanol–water partition coefficient (Wildman–Crippen LogP) is 3.27. The number of hydrogen-bond acceptors (Lipinski definition) is 3.